The Morgan fingerprint density at radius 2 is 1.56 bits per heavy atom. The summed E-state index contributed by atoms with van der Waals surface area (Å²) in [6.07, 6.45) is 12.9. The summed E-state index contributed by atoms with van der Waals surface area (Å²) in [7, 11) is 1.80. The number of hydrogen-bond acceptors (Lipinski definition) is 4. The van der Waals surface area contributed by atoms with Crippen molar-refractivity contribution in [1.29, 1.82) is 0 Å². The van der Waals surface area contributed by atoms with Gasteiger partial charge in [0, 0.05) is 33.4 Å². The first-order chi connectivity index (χ1) is 13.4. The van der Waals surface area contributed by atoms with E-state index in [9.17, 15) is 0 Å². The molecule has 0 atom stereocenters. The normalized spacial score (nSPS) is 15.9. The van der Waals surface area contributed by atoms with E-state index in [1.54, 1.807) is 7.05 Å². The van der Waals surface area contributed by atoms with Gasteiger partial charge in [-0.15, -0.1) is 0 Å². The standard InChI is InChI=1S/C21H43N3O3/c1-3-4-15-25-18-19-26-17-14-24-21(22-2)23-13-9-6-10-16-27-20-11-7-5-8-12-20/h20H,3-19H2,1-2H3,(H2,22,23,24). The fourth-order valence-electron chi connectivity index (χ4n) is 3.12. The van der Waals surface area contributed by atoms with Gasteiger partial charge in [-0.2, -0.15) is 0 Å². The van der Waals surface area contributed by atoms with Crippen LogP contribution in [0.3, 0.4) is 0 Å². The molecule has 1 fully saturated rings. The van der Waals surface area contributed by atoms with Crippen LogP contribution in [0.2, 0.25) is 0 Å². The fourth-order valence-corrected chi connectivity index (χ4v) is 3.12. The highest BCUT2D eigenvalue weighted by Crippen LogP contribution is 2.20. The second kappa shape index (κ2) is 18.5. The molecule has 1 rings (SSSR count). The molecule has 160 valence electrons. The van der Waals surface area contributed by atoms with Gasteiger partial charge in [-0.05, 0) is 38.5 Å². The van der Waals surface area contributed by atoms with Crippen molar-refractivity contribution in [2.24, 2.45) is 4.99 Å². The van der Waals surface area contributed by atoms with Crippen molar-refractivity contribution >= 4 is 5.96 Å². The maximum absolute atomic E-state index is 5.97. The van der Waals surface area contributed by atoms with Crippen LogP contribution in [0, 0.1) is 0 Å². The Balaban J connectivity index is 1.84. The van der Waals surface area contributed by atoms with Gasteiger partial charge in [0.25, 0.3) is 0 Å². The molecule has 0 aromatic rings. The topological polar surface area (TPSA) is 64.1 Å². The summed E-state index contributed by atoms with van der Waals surface area (Å²) in [5.74, 6) is 0.844. The third-order valence-corrected chi connectivity index (χ3v) is 4.80. The summed E-state index contributed by atoms with van der Waals surface area (Å²) < 4.78 is 17.0. The Morgan fingerprint density at radius 3 is 2.30 bits per heavy atom. The Labute approximate surface area is 166 Å². The average molecular weight is 386 g/mol. The Hall–Kier alpha value is -0.850. The lowest BCUT2D eigenvalue weighted by molar-refractivity contribution is 0.0264. The number of nitrogens with zero attached hydrogens (tertiary/aromatic N) is 1. The number of aliphatic imine (C=N–C) groups is 1. The van der Waals surface area contributed by atoms with Crippen molar-refractivity contribution in [3.8, 4) is 0 Å². The second-order valence-electron chi connectivity index (χ2n) is 7.20. The monoisotopic (exact) mass is 385 g/mol. The summed E-state index contributed by atoms with van der Waals surface area (Å²) in [5.41, 5.74) is 0. The van der Waals surface area contributed by atoms with Gasteiger partial charge in [0.1, 0.15) is 0 Å². The molecule has 6 nitrogen and oxygen atoms in total. The second-order valence-corrected chi connectivity index (χ2v) is 7.20. The highest BCUT2D eigenvalue weighted by molar-refractivity contribution is 5.79. The van der Waals surface area contributed by atoms with E-state index in [0.717, 1.165) is 51.5 Å². The van der Waals surface area contributed by atoms with E-state index in [4.69, 9.17) is 14.2 Å². The highest BCUT2D eigenvalue weighted by atomic mass is 16.5. The largest absolute Gasteiger partial charge is 0.379 e. The minimum absolute atomic E-state index is 0.532. The van der Waals surface area contributed by atoms with Crippen LogP contribution in [0.25, 0.3) is 0 Å². The van der Waals surface area contributed by atoms with Gasteiger partial charge in [0.15, 0.2) is 5.96 Å². The van der Waals surface area contributed by atoms with Crippen LogP contribution in [0.1, 0.15) is 71.1 Å². The minimum atomic E-state index is 0.532. The van der Waals surface area contributed by atoms with Crippen LogP contribution in [0.15, 0.2) is 4.99 Å². The molecule has 0 aromatic carbocycles. The fraction of sp³-hybridized carbons (Fsp3) is 0.952. The molecule has 2 N–H and O–H groups in total. The molecule has 27 heavy (non-hydrogen) atoms. The smallest absolute Gasteiger partial charge is 0.191 e. The summed E-state index contributed by atoms with van der Waals surface area (Å²) in [5, 5.41) is 6.63. The molecule has 0 bridgehead atoms. The van der Waals surface area contributed by atoms with Crippen molar-refractivity contribution < 1.29 is 14.2 Å². The van der Waals surface area contributed by atoms with Gasteiger partial charge < -0.3 is 24.8 Å². The van der Waals surface area contributed by atoms with Gasteiger partial charge in [-0.3, -0.25) is 4.99 Å². The van der Waals surface area contributed by atoms with E-state index in [1.807, 2.05) is 0 Å². The van der Waals surface area contributed by atoms with Gasteiger partial charge in [-0.1, -0.05) is 32.6 Å². The molecule has 0 radical (unpaired) electrons. The molecule has 6 heteroatoms. The molecular formula is C21H43N3O3. The summed E-state index contributed by atoms with van der Waals surface area (Å²) >= 11 is 0. The molecule has 0 aliphatic heterocycles. The van der Waals surface area contributed by atoms with Gasteiger partial charge in [0.2, 0.25) is 0 Å². The molecule has 0 spiro atoms. The third kappa shape index (κ3) is 14.8. The number of hydrogen-bond donors (Lipinski definition) is 2. The first kappa shape index (κ1) is 24.2. The molecule has 1 aliphatic carbocycles. The molecule has 0 unspecified atom stereocenters. The molecule has 1 saturated carbocycles. The number of guanidine groups is 1. The zero-order valence-electron chi connectivity index (χ0n) is 17.8. The Kier molecular flexibility index (Phi) is 16.6. The number of rotatable bonds is 16. The van der Waals surface area contributed by atoms with Crippen LogP contribution < -0.4 is 10.6 Å². The van der Waals surface area contributed by atoms with E-state index < -0.39 is 0 Å². The lowest BCUT2D eigenvalue weighted by Crippen LogP contribution is -2.39. The highest BCUT2D eigenvalue weighted by Gasteiger charge is 2.12. The van der Waals surface area contributed by atoms with E-state index in [2.05, 4.69) is 22.5 Å². The van der Waals surface area contributed by atoms with Crippen molar-refractivity contribution in [2.75, 3.05) is 53.2 Å². The van der Waals surface area contributed by atoms with Gasteiger partial charge in [0.05, 0.1) is 25.9 Å². The van der Waals surface area contributed by atoms with E-state index >= 15 is 0 Å². The number of ether oxygens (including phenoxy) is 3. The van der Waals surface area contributed by atoms with Crippen LogP contribution in [-0.4, -0.2) is 65.2 Å². The molecular weight excluding hydrogens is 342 g/mol. The zero-order valence-corrected chi connectivity index (χ0v) is 17.8. The average Bonchev–Trinajstić information content (AvgIpc) is 2.71. The summed E-state index contributed by atoms with van der Waals surface area (Å²) in [6, 6.07) is 0. The molecule has 0 amide bonds. The van der Waals surface area contributed by atoms with Gasteiger partial charge in [-0.25, -0.2) is 0 Å². The predicted molar refractivity (Wildman–Crippen MR) is 113 cm³/mol. The van der Waals surface area contributed by atoms with Crippen molar-refractivity contribution in [3.05, 3.63) is 0 Å². The minimum Gasteiger partial charge on any atom is -0.379 e. The first-order valence-corrected chi connectivity index (χ1v) is 11.1. The number of nitrogens with one attached hydrogen (secondary N) is 2. The van der Waals surface area contributed by atoms with Crippen molar-refractivity contribution in [2.45, 2.75) is 77.2 Å². The van der Waals surface area contributed by atoms with Crippen LogP contribution in [-0.2, 0) is 14.2 Å². The number of unbranched alkanes of at least 4 members (excludes halogenated alkanes) is 3. The SMILES string of the molecule is CCCCOCCOCCNC(=NC)NCCCCCOC1CCCCC1. The zero-order chi connectivity index (χ0) is 19.4. The van der Waals surface area contributed by atoms with E-state index in [1.165, 1.54) is 44.9 Å². The van der Waals surface area contributed by atoms with Crippen LogP contribution >= 0.6 is 0 Å². The molecule has 0 heterocycles. The summed E-state index contributed by atoms with van der Waals surface area (Å²) in [4.78, 5) is 4.24. The van der Waals surface area contributed by atoms with E-state index in [0.29, 0.717) is 25.9 Å². The quantitative estimate of drug-likeness (QED) is 0.242. The van der Waals surface area contributed by atoms with Crippen LogP contribution in [0.4, 0.5) is 0 Å². The lowest BCUT2D eigenvalue weighted by atomic mass is 9.98. The maximum Gasteiger partial charge on any atom is 0.191 e. The third-order valence-electron chi connectivity index (χ3n) is 4.80. The Morgan fingerprint density at radius 1 is 0.815 bits per heavy atom. The Bertz CT molecular complexity index is 348. The van der Waals surface area contributed by atoms with Crippen molar-refractivity contribution in [3.63, 3.8) is 0 Å². The predicted octanol–water partition coefficient (Wildman–Crippen LogP) is 3.50. The molecule has 0 aromatic heterocycles. The maximum atomic E-state index is 5.97. The summed E-state index contributed by atoms with van der Waals surface area (Å²) in [6.45, 7) is 7.60. The molecule has 0 saturated heterocycles. The van der Waals surface area contributed by atoms with Gasteiger partial charge >= 0.3 is 0 Å². The van der Waals surface area contributed by atoms with Crippen molar-refractivity contribution in [1.82, 2.24) is 10.6 Å². The van der Waals surface area contributed by atoms with Crippen LogP contribution in [0.5, 0.6) is 0 Å². The first-order valence-electron chi connectivity index (χ1n) is 11.1. The van der Waals surface area contributed by atoms with E-state index in [-0.39, 0.29) is 0 Å². The molecule has 1 aliphatic rings. The lowest BCUT2D eigenvalue weighted by Gasteiger charge is -2.21.